The zero-order valence-electron chi connectivity index (χ0n) is 17.2. The number of aromatic nitrogens is 5. The van der Waals surface area contributed by atoms with Crippen LogP contribution in [0.1, 0.15) is 16.2 Å². The lowest BCUT2D eigenvalue weighted by Crippen LogP contribution is -2.14. The molecule has 0 aliphatic heterocycles. The smallest absolute Gasteiger partial charge is 0.295 e. The lowest BCUT2D eigenvalue weighted by atomic mass is 10.2. The van der Waals surface area contributed by atoms with Crippen molar-refractivity contribution in [3.05, 3.63) is 115 Å². The van der Waals surface area contributed by atoms with Gasteiger partial charge in [0, 0.05) is 11.8 Å². The molecule has 0 spiro atoms. The number of hydrogen-bond donors (Lipinski definition) is 1. The first-order valence-electron chi connectivity index (χ1n) is 10.2. The van der Waals surface area contributed by atoms with Gasteiger partial charge in [-0.2, -0.15) is 5.10 Å². The minimum atomic E-state index is -0.392. The molecule has 7 nitrogen and oxygen atoms in total. The number of para-hydroxylation sites is 1. The second-order valence-corrected chi connectivity index (χ2v) is 7.24. The van der Waals surface area contributed by atoms with Crippen LogP contribution in [-0.4, -0.2) is 30.5 Å². The van der Waals surface area contributed by atoms with E-state index in [0.717, 1.165) is 16.8 Å². The topological polar surface area (TPSA) is 77.6 Å². The number of benzene rings is 3. The number of amides is 1. The van der Waals surface area contributed by atoms with Gasteiger partial charge in [0.1, 0.15) is 0 Å². The van der Waals surface area contributed by atoms with Crippen molar-refractivity contribution in [2.45, 2.75) is 6.54 Å². The van der Waals surface area contributed by atoms with Crippen molar-refractivity contribution in [1.82, 2.24) is 24.5 Å². The molecular weight excluding hydrogens is 400 g/mol. The average Bonchev–Trinajstić information content (AvgIpc) is 3.48. The Kier molecular flexibility index (Phi) is 5.28. The van der Waals surface area contributed by atoms with Crippen LogP contribution in [0.25, 0.3) is 17.1 Å². The van der Waals surface area contributed by atoms with Crippen molar-refractivity contribution >= 4 is 11.6 Å². The molecule has 5 rings (SSSR count). The largest absolute Gasteiger partial charge is 0.316 e. The highest BCUT2D eigenvalue weighted by atomic mass is 16.2. The van der Waals surface area contributed by atoms with Crippen LogP contribution in [0.2, 0.25) is 0 Å². The van der Waals surface area contributed by atoms with Crippen LogP contribution in [0.15, 0.2) is 103 Å². The summed E-state index contributed by atoms with van der Waals surface area (Å²) >= 11 is 0. The summed E-state index contributed by atoms with van der Waals surface area (Å²) in [6, 6.07) is 29.3. The summed E-state index contributed by atoms with van der Waals surface area (Å²) in [5.41, 5.74) is 3.42. The number of carbonyl (C=O) groups is 1. The Labute approximate surface area is 185 Å². The molecule has 0 aliphatic rings. The van der Waals surface area contributed by atoms with E-state index in [2.05, 4.69) is 20.5 Å². The maximum absolute atomic E-state index is 12.9. The van der Waals surface area contributed by atoms with Crippen LogP contribution in [-0.2, 0) is 6.54 Å². The summed E-state index contributed by atoms with van der Waals surface area (Å²) in [5.74, 6) is 0.293. The van der Waals surface area contributed by atoms with Crippen LogP contribution >= 0.6 is 0 Å². The Morgan fingerprint density at radius 3 is 2.22 bits per heavy atom. The summed E-state index contributed by atoms with van der Waals surface area (Å²) in [6.45, 7) is 0.621. The quantitative estimate of drug-likeness (QED) is 0.441. The molecule has 32 heavy (non-hydrogen) atoms. The minimum absolute atomic E-state index is 0.0866. The maximum atomic E-state index is 12.9. The number of nitrogens with zero attached hydrogens (tertiary/aromatic N) is 5. The van der Waals surface area contributed by atoms with Crippen molar-refractivity contribution in [2.24, 2.45) is 0 Å². The Hall–Kier alpha value is -4.52. The molecule has 7 heteroatoms. The molecule has 0 fully saturated rings. The molecule has 0 radical (unpaired) electrons. The Balaban J connectivity index is 1.40. The number of rotatable bonds is 6. The van der Waals surface area contributed by atoms with Crippen molar-refractivity contribution in [3.8, 4) is 17.1 Å². The van der Waals surface area contributed by atoms with Gasteiger partial charge >= 0.3 is 0 Å². The van der Waals surface area contributed by atoms with Crippen molar-refractivity contribution < 1.29 is 4.79 Å². The molecule has 0 bridgehead atoms. The molecule has 1 amide bonds. The van der Waals surface area contributed by atoms with Crippen molar-refractivity contribution in [2.75, 3.05) is 5.32 Å². The van der Waals surface area contributed by atoms with E-state index in [0.29, 0.717) is 18.1 Å². The van der Waals surface area contributed by atoms with E-state index >= 15 is 0 Å². The van der Waals surface area contributed by atoms with Gasteiger partial charge in [0.15, 0.2) is 5.82 Å². The molecule has 1 N–H and O–H groups in total. The molecule has 0 unspecified atom stereocenters. The number of nitrogens with one attached hydrogen (secondary N) is 1. The average molecular weight is 420 g/mol. The molecule has 0 aliphatic carbocycles. The summed E-state index contributed by atoms with van der Waals surface area (Å²) in [4.78, 5) is 17.5. The SMILES string of the molecule is O=C(Nc1cnn(Cc2ccccc2)c1)c1nc(-c2ccccc2)n(-c2ccccc2)n1. The van der Waals surface area contributed by atoms with Crippen LogP contribution in [0, 0.1) is 0 Å². The van der Waals surface area contributed by atoms with Crippen LogP contribution in [0.5, 0.6) is 0 Å². The van der Waals surface area contributed by atoms with Crippen LogP contribution < -0.4 is 5.32 Å². The van der Waals surface area contributed by atoms with Gasteiger partial charge in [-0.25, -0.2) is 9.67 Å². The Bertz CT molecular complexity index is 1270. The van der Waals surface area contributed by atoms with Crippen molar-refractivity contribution in [3.63, 3.8) is 0 Å². The fraction of sp³-hybridized carbons (Fsp3) is 0.0400. The number of hydrogen-bond acceptors (Lipinski definition) is 4. The first-order valence-corrected chi connectivity index (χ1v) is 10.2. The van der Waals surface area contributed by atoms with Crippen LogP contribution in [0.4, 0.5) is 5.69 Å². The van der Waals surface area contributed by atoms with E-state index in [-0.39, 0.29) is 5.82 Å². The lowest BCUT2D eigenvalue weighted by molar-refractivity contribution is 0.101. The summed E-state index contributed by atoms with van der Waals surface area (Å²) in [7, 11) is 0. The van der Waals surface area contributed by atoms with E-state index < -0.39 is 5.91 Å². The molecule has 156 valence electrons. The van der Waals surface area contributed by atoms with Gasteiger partial charge in [-0.05, 0) is 17.7 Å². The molecule has 2 heterocycles. The molecule has 0 atom stereocenters. The predicted molar refractivity (Wildman–Crippen MR) is 123 cm³/mol. The highest BCUT2D eigenvalue weighted by Crippen LogP contribution is 2.21. The minimum Gasteiger partial charge on any atom is -0.316 e. The van der Waals surface area contributed by atoms with Gasteiger partial charge in [-0.15, -0.1) is 5.10 Å². The van der Waals surface area contributed by atoms with Gasteiger partial charge < -0.3 is 5.32 Å². The second-order valence-electron chi connectivity index (χ2n) is 7.24. The third-order valence-corrected chi connectivity index (χ3v) is 4.92. The normalized spacial score (nSPS) is 10.8. The highest BCUT2D eigenvalue weighted by molar-refractivity contribution is 6.01. The molecule has 2 aromatic heterocycles. The standard InChI is InChI=1S/C25H20N6O/c32-25(27-21-16-26-30(18-21)17-19-10-4-1-5-11-19)23-28-24(20-12-6-2-7-13-20)31(29-23)22-14-8-3-9-15-22/h1-16,18H,17H2,(H,27,32). The predicted octanol–water partition coefficient (Wildman–Crippen LogP) is 4.43. The third-order valence-electron chi connectivity index (χ3n) is 4.92. The van der Waals surface area contributed by atoms with Crippen molar-refractivity contribution in [1.29, 1.82) is 0 Å². The Morgan fingerprint density at radius 1 is 0.844 bits per heavy atom. The van der Waals surface area contributed by atoms with Gasteiger partial charge in [0.2, 0.25) is 5.82 Å². The first kappa shape index (κ1) is 19.4. The molecule has 3 aromatic carbocycles. The van der Waals surface area contributed by atoms with E-state index in [1.807, 2.05) is 91.0 Å². The van der Waals surface area contributed by atoms with E-state index in [4.69, 9.17) is 0 Å². The molecule has 5 aromatic rings. The Morgan fingerprint density at radius 2 is 1.50 bits per heavy atom. The number of carbonyl (C=O) groups excluding carboxylic acids is 1. The van der Waals surface area contributed by atoms with Gasteiger partial charge in [0.25, 0.3) is 5.91 Å². The van der Waals surface area contributed by atoms with Gasteiger partial charge in [-0.3, -0.25) is 9.48 Å². The first-order chi connectivity index (χ1) is 15.8. The van der Waals surface area contributed by atoms with Gasteiger partial charge in [0.05, 0.1) is 24.1 Å². The molecule has 0 saturated carbocycles. The second kappa shape index (κ2) is 8.69. The maximum Gasteiger partial charge on any atom is 0.295 e. The fourth-order valence-electron chi connectivity index (χ4n) is 3.40. The monoisotopic (exact) mass is 420 g/mol. The zero-order chi connectivity index (χ0) is 21.8. The summed E-state index contributed by atoms with van der Waals surface area (Å²) < 4.78 is 3.46. The molecular formula is C25H20N6O. The molecule has 0 saturated heterocycles. The summed E-state index contributed by atoms with van der Waals surface area (Å²) in [5, 5.41) is 11.7. The fourth-order valence-corrected chi connectivity index (χ4v) is 3.40. The van der Waals surface area contributed by atoms with E-state index in [1.54, 1.807) is 21.8 Å². The van der Waals surface area contributed by atoms with E-state index in [9.17, 15) is 4.79 Å². The van der Waals surface area contributed by atoms with Crippen LogP contribution in [0.3, 0.4) is 0 Å². The van der Waals surface area contributed by atoms with E-state index in [1.165, 1.54) is 0 Å². The number of anilines is 1. The highest BCUT2D eigenvalue weighted by Gasteiger charge is 2.19. The van der Waals surface area contributed by atoms with Gasteiger partial charge in [-0.1, -0.05) is 78.9 Å². The third kappa shape index (κ3) is 4.17. The summed E-state index contributed by atoms with van der Waals surface area (Å²) in [6.07, 6.45) is 3.41. The zero-order valence-corrected chi connectivity index (χ0v) is 17.2. The lowest BCUT2D eigenvalue weighted by Gasteiger charge is -2.05.